The van der Waals surface area contributed by atoms with Gasteiger partial charge in [0, 0.05) is 23.2 Å². The number of thiol groups is 1. The van der Waals surface area contributed by atoms with Crippen molar-refractivity contribution in [3.63, 3.8) is 0 Å². The summed E-state index contributed by atoms with van der Waals surface area (Å²) in [6.45, 7) is 1.78. The predicted molar refractivity (Wildman–Crippen MR) is 124 cm³/mol. The molecule has 0 fully saturated rings. The molecule has 2 aromatic carbocycles. The molecule has 31 heavy (non-hydrogen) atoms. The predicted octanol–water partition coefficient (Wildman–Crippen LogP) is 4.36. The van der Waals surface area contributed by atoms with Crippen molar-refractivity contribution in [1.82, 2.24) is 4.90 Å². The van der Waals surface area contributed by atoms with Gasteiger partial charge in [-0.15, -0.1) is 12.6 Å². The van der Waals surface area contributed by atoms with Gasteiger partial charge in [0.25, 0.3) is 6.43 Å². The zero-order chi connectivity index (χ0) is 22.8. The van der Waals surface area contributed by atoms with Gasteiger partial charge in [-0.3, -0.25) is 9.69 Å². The number of aliphatic imine (C=N–C) groups is 1. The van der Waals surface area contributed by atoms with E-state index >= 15 is 0 Å². The molecule has 1 aliphatic heterocycles. The maximum atomic E-state index is 13.1. The summed E-state index contributed by atoms with van der Waals surface area (Å²) in [6.07, 6.45) is 2.71. The SMILES string of the molecule is CN1C(=O)C(c2ccc(C(F)F)cc2)[C@@](C)(/C=C/C=C(\S)c2cccc(N)c2)N=C1N. The van der Waals surface area contributed by atoms with E-state index < -0.39 is 17.9 Å². The molecule has 3 rings (SSSR count). The van der Waals surface area contributed by atoms with E-state index in [1.165, 1.54) is 36.2 Å². The van der Waals surface area contributed by atoms with Gasteiger partial charge in [0.15, 0.2) is 5.96 Å². The van der Waals surface area contributed by atoms with E-state index in [2.05, 4.69) is 17.6 Å². The minimum absolute atomic E-state index is 0.0866. The van der Waals surface area contributed by atoms with Crippen molar-refractivity contribution in [3.8, 4) is 0 Å². The van der Waals surface area contributed by atoms with Crippen LogP contribution >= 0.6 is 12.6 Å². The van der Waals surface area contributed by atoms with Crippen molar-refractivity contribution in [2.45, 2.75) is 24.8 Å². The number of hydrogen-bond donors (Lipinski definition) is 3. The van der Waals surface area contributed by atoms with Crippen molar-refractivity contribution in [2.24, 2.45) is 10.7 Å². The number of nitrogens with two attached hydrogens (primary N) is 2. The van der Waals surface area contributed by atoms with Gasteiger partial charge in [-0.1, -0.05) is 48.6 Å². The van der Waals surface area contributed by atoms with Crippen LogP contribution in [0.1, 0.15) is 36.0 Å². The molecule has 1 amide bonds. The molecule has 0 saturated carbocycles. The number of guanidine groups is 1. The highest BCUT2D eigenvalue weighted by atomic mass is 32.1. The zero-order valence-corrected chi connectivity index (χ0v) is 18.1. The highest BCUT2D eigenvalue weighted by molar-refractivity contribution is 7.90. The Morgan fingerprint density at radius 3 is 2.52 bits per heavy atom. The second-order valence-electron chi connectivity index (χ2n) is 7.53. The molecular formula is C23H24F2N4OS. The van der Waals surface area contributed by atoms with Crippen LogP contribution < -0.4 is 11.5 Å². The molecule has 1 unspecified atom stereocenters. The van der Waals surface area contributed by atoms with E-state index in [9.17, 15) is 13.6 Å². The lowest BCUT2D eigenvalue weighted by molar-refractivity contribution is -0.129. The molecule has 8 heteroatoms. The fraction of sp³-hybridized carbons (Fsp3) is 0.217. The summed E-state index contributed by atoms with van der Waals surface area (Å²) in [7, 11) is 1.54. The van der Waals surface area contributed by atoms with Crippen LogP contribution in [0.5, 0.6) is 0 Å². The number of nitrogens with zero attached hydrogens (tertiary/aromatic N) is 2. The Kier molecular flexibility index (Phi) is 6.50. The third kappa shape index (κ3) is 4.80. The summed E-state index contributed by atoms with van der Waals surface area (Å²) >= 11 is 4.51. The molecule has 2 atom stereocenters. The lowest BCUT2D eigenvalue weighted by Crippen LogP contribution is -2.53. The molecule has 0 spiro atoms. The number of carbonyl (C=O) groups is 1. The Balaban J connectivity index is 1.98. The van der Waals surface area contributed by atoms with Gasteiger partial charge in [0.2, 0.25) is 5.91 Å². The zero-order valence-electron chi connectivity index (χ0n) is 17.2. The van der Waals surface area contributed by atoms with E-state index in [0.29, 0.717) is 16.2 Å². The molecule has 0 bridgehead atoms. The van der Waals surface area contributed by atoms with Crippen LogP contribution in [0.3, 0.4) is 0 Å². The Labute approximate surface area is 185 Å². The van der Waals surface area contributed by atoms with Gasteiger partial charge < -0.3 is 11.5 Å². The lowest BCUT2D eigenvalue weighted by Gasteiger charge is -2.38. The van der Waals surface area contributed by atoms with Gasteiger partial charge in [-0.2, -0.15) is 0 Å². The quantitative estimate of drug-likeness (QED) is 0.365. The number of amides is 1. The van der Waals surface area contributed by atoms with Crippen LogP contribution in [-0.4, -0.2) is 29.4 Å². The van der Waals surface area contributed by atoms with Crippen molar-refractivity contribution in [1.29, 1.82) is 0 Å². The maximum absolute atomic E-state index is 13.1. The fourth-order valence-corrected chi connectivity index (χ4v) is 3.74. The van der Waals surface area contributed by atoms with Crippen LogP contribution in [0.4, 0.5) is 14.5 Å². The van der Waals surface area contributed by atoms with Crippen molar-refractivity contribution >= 4 is 35.1 Å². The Hall–Kier alpha value is -3.13. The van der Waals surface area contributed by atoms with Gasteiger partial charge in [-0.05, 0) is 36.3 Å². The van der Waals surface area contributed by atoms with Crippen LogP contribution in [0.25, 0.3) is 4.91 Å². The largest absolute Gasteiger partial charge is 0.399 e. The minimum atomic E-state index is -2.58. The molecule has 0 aromatic heterocycles. The number of alkyl halides is 2. The molecule has 5 nitrogen and oxygen atoms in total. The first-order valence-electron chi connectivity index (χ1n) is 9.57. The summed E-state index contributed by atoms with van der Waals surface area (Å²) in [5, 5.41) is 0. The van der Waals surface area contributed by atoms with Crippen LogP contribution in [0.15, 0.2) is 71.8 Å². The second-order valence-corrected chi connectivity index (χ2v) is 8.01. The standard InChI is InChI=1S/C23H24F2N4OS/c1-23(12-4-7-18(31)16-5-3-6-17(26)13-16)19(21(30)29(2)22(27)28-23)14-8-10-15(11-9-14)20(24)25/h3-13,19-20,31H,26H2,1-2H3,(H2,27,28)/b12-4+,18-7-/t19?,23-/m1/s1. The first-order chi connectivity index (χ1) is 14.6. The third-order valence-electron chi connectivity index (χ3n) is 5.25. The van der Waals surface area contributed by atoms with Crippen molar-refractivity contribution in [2.75, 3.05) is 12.8 Å². The third-order valence-corrected chi connectivity index (χ3v) is 5.66. The van der Waals surface area contributed by atoms with Crippen molar-refractivity contribution in [3.05, 3.63) is 83.4 Å². The molecule has 0 aliphatic carbocycles. The molecule has 1 aliphatic rings. The van der Waals surface area contributed by atoms with Gasteiger partial charge in [0.05, 0.1) is 11.5 Å². The van der Waals surface area contributed by atoms with E-state index in [4.69, 9.17) is 11.5 Å². The Bertz CT molecular complexity index is 1070. The first kappa shape index (κ1) is 22.6. The molecule has 2 aromatic rings. The number of hydrogen-bond acceptors (Lipinski definition) is 5. The molecule has 162 valence electrons. The molecular weight excluding hydrogens is 418 g/mol. The number of anilines is 1. The molecule has 1 heterocycles. The van der Waals surface area contributed by atoms with Gasteiger partial charge in [-0.25, -0.2) is 13.8 Å². The highest BCUT2D eigenvalue weighted by Gasteiger charge is 2.44. The fourth-order valence-electron chi connectivity index (χ4n) is 3.52. The summed E-state index contributed by atoms with van der Waals surface area (Å²) < 4.78 is 25.9. The monoisotopic (exact) mass is 442 g/mol. The maximum Gasteiger partial charge on any atom is 0.263 e. The van der Waals surface area contributed by atoms with Crippen molar-refractivity contribution < 1.29 is 13.6 Å². The second kappa shape index (κ2) is 8.93. The highest BCUT2D eigenvalue weighted by Crippen LogP contribution is 2.38. The smallest absolute Gasteiger partial charge is 0.263 e. The number of benzene rings is 2. The van der Waals surface area contributed by atoms with Crippen LogP contribution in [0, 0.1) is 0 Å². The van der Waals surface area contributed by atoms with E-state index in [0.717, 1.165) is 5.56 Å². The number of nitrogen functional groups attached to an aromatic ring is 1. The van der Waals surface area contributed by atoms with E-state index in [1.54, 1.807) is 37.3 Å². The van der Waals surface area contributed by atoms with E-state index in [-0.39, 0.29) is 17.4 Å². The first-order valence-corrected chi connectivity index (χ1v) is 10.0. The summed E-state index contributed by atoms with van der Waals surface area (Å²) in [5.41, 5.74) is 12.7. The normalized spacial score (nSPS) is 22.3. The van der Waals surface area contributed by atoms with Crippen LogP contribution in [-0.2, 0) is 4.79 Å². The Morgan fingerprint density at radius 1 is 1.23 bits per heavy atom. The number of halogens is 2. The minimum Gasteiger partial charge on any atom is -0.399 e. The molecule has 0 saturated heterocycles. The van der Waals surface area contributed by atoms with Crippen LogP contribution in [0.2, 0.25) is 0 Å². The number of allylic oxidation sites excluding steroid dienone is 2. The van der Waals surface area contributed by atoms with E-state index in [1.807, 2.05) is 12.1 Å². The lowest BCUT2D eigenvalue weighted by atomic mass is 9.78. The number of carbonyl (C=O) groups excluding carboxylic acids is 1. The average molecular weight is 443 g/mol. The summed E-state index contributed by atoms with van der Waals surface area (Å²) in [5.74, 6) is -0.907. The molecule has 0 radical (unpaired) electrons. The summed E-state index contributed by atoms with van der Waals surface area (Å²) in [6, 6.07) is 13.0. The van der Waals surface area contributed by atoms with Gasteiger partial charge in [0.1, 0.15) is 0 Å². The summed E-state index contributed by atoms with van der Waals surface area (Å²) in [4.78, 5) is 19.6. The average Bonchev–Trinajstić information content (AvgIpc) is 2.72. The Morgan fingerprint density at radius 2 is 1.90 bits per heavy atom. The molecule has 4 N–H and O–H groups in total. The number of rotatable bonds is 5. The van der Waals surface area contributed by atoms with Gasteiger partial charge >= 0.3 is 0 Å². The number of likely N-dealkylation sites (N-methyl/N-ethyl adjacent to an activating group) is 1. The topological polar surface area (TPSA) is 84.7 Å².